The van der Waals surface area contributed by atoms with Crippen LogP contribution in [-0.2, 0) is 6.54 Å². The maximum Gasteiger partial charge on any atom is 0.352 e. The zero-order valence-corrected chi connectivity index (χ0v) is 9.61. The summed E-state index contributed by atoms with van der Waals surface area (Å²) in [5.41, 5.74) is 0.387. The van der Waals surface area contributed by atoms with Gasteiger partial charge in [-0.1, -0.05) is 13.3 Å². The van der Waals surface area contributed by atoms with E-state index in [9.17, 15) is 4.79 Å². The quantitative estimate of drug-likeness (QED) is 0.867. The van der Waals surface area contributed by atoms with Crippen LogP contribution in [0, 0.1) is 3.57 Å². The summed E-state index contributed by atoms with van der Waals surface area (Å²) in [6.45, 7) is 2.88. The molecule has 13 heavy (non-hydrogen) atoms. The Hall–Kier alpha value is -0.520. The van der Waals surface area contributed by atoms with Crippen molar-refractivity contribution in [2.75, 3.05) is 0 Å². The molecule has 72 valence electrons. The van der Waals surface area contributed by atoms with Crippen molar-refractivity contribution < 1.29 is 9.90 Å². The van der Waals surface area contributed by atoms with Crippen molar-refractivity contribution in [1.29, 1.82) is 0 Å². The summed E-state index contributed by atoms with van der Waals surface area (Å²) in [6.07, 6.45) is 3.97. The number of unbranched alkanes of at least 4 members (excludes halogenated alkanes) is 1. The molecule has 0 amide bonds. The topological polar surface area (TPSA) is 42.2 Å². The number of nitrogens with zero attached hydrogens (tertiary/aromatic N) is 1. The van der Waals surface area contributed by atoms with Crippen LogP contribution in [0.4, 0.5) is 0 Å². The highest BCUT2D eigenvalue weighted by Crippen LogP contribution is 2.12. The molecule has 0 saturated carbocycles. The number of aromatic nitrogens is 1. The number of halogens is 1. The van der Waals surface area contributed by atoms with E-state index in [4.69, 9.17) is 5.11 Å². The van der Waals surface area contributed by atoms with E-state index in [1.165, 1.54) is 0 Å². The van der Waals surface area contributed by atoms with Crippen LogP contribution in [0.3, 0.4) is 0 Å². The number of carboxylic acid groups (broad SMARTS) is 1. The number of rotatable bonds is 4. The lowest BCUT2D eigenvalue weighted by atomic mass is 10.3. The van der Waals surface area contributed by atoms with Crippen molar-refractivity contribution in [3.63, 3.8) is 0 Å². The van der Waals surface area contributed by atoms with Gasteiger partial charge in [-0.05, 0) is 35.1 Å². The van der Waals surface area contributed by atoms with Gasteiger partial charge < -0.3 is 9.67 Å². The third-order valence-corrected chi connectivity index (χ3v) is 2.42. The fourth-order valence-electron chi connectivity index (χ4n) is 1.17. The Bertz CT molecular complexity index is 307. The van der Waals surface area contributed by atoms with Gasteiger partial charge in [-0.2, -0.15) is 0 Å². The predicted molar refractivity (Wildman–Crippen MR) is 59.0 cm³/mol. The third-order valence-electron chi connectivity index (χ3n) is 1.83. The van der Waals surface area contributed by atoms with E-state index in [0.29, 0.717) is 5.69 Å². The first-order valence-electron chi connectivity index (χ1n) is 4.24. The summed E-state index contributed by atoms with van der Waals surface area (Å²) in [5.74, 6) is -0.848. The number of hydrogen-bond acceptors (Lipinski definition) is 1. The highest BCUT2D eigenvalue weighted by atomic mass is 127. The van der Waals surface area contributed by atoms with Crippen molar-refractivity contribution in [3.05, 3.63) is 21.5 Å². The molecule has 0 aliphatic rings. The largest absolute Gasteiger partial charge is 0.477 e. The van der Waals surface area contributed by atoms with Gasteiger partial charge in [0.25, 0.3) is 0 Å². The minimum Gasteiger partial charge on any atom is -0.477 e. The van der Waals surface area contributed by atoms with Crippen LogP contribution in [-0.4, -0.2) is 15.6 Å². The molecule has 0 unspecified atom stereocenters. The zero-order valence-electron chi connectivity index (χ0n) is 7.46. The number of hydrogen-bond donors (Lipinski definition) is 1. The maximum absolute atomic E-state index is 10.8. The van der Waals surface area contributed by atoms with E-state index < -0.39 is 5.97 Å². The molecule has 0 bridgehead atoms. The molecule has 0 atom stereocenters. The standard InChI is InChI=1S/C9H12INO2/c1-2-3-4-11-6-7(10)5-8(11)9(12)13/h5-6H,2-4H2,1H3,(H,12,13). The molecule has 0 fully saturated rings. The van der Waals surface area contributed by atoms with E-state index >= 15 is 0 Å². The van der Waals surface area contributed by atoms with Gasteiger partial charge in [0.15, 0.2) is 0 Å². The number of carboxylic acids is 1. The SMILES string of the molecule is CCCCn1cc(I)cc1C(=O)O. The van der Waals surface area contributed by atoms with E-state index in [0.717, 1.165) is 23.0 Å². The van der Waals surface area contributed by atoms with Gasteiger partial charge in [0.2, 0.25) is 0 Å². The second-order valence-electron chi connectivity index (χ2n) is 2.90. The number of aromatic carboxylic acids is 1. The Morgan fingerprint density at radius 1 is 1.69 bits per heavy atom. The second-order valence-corrected chi connectivity index (χ2v) is 4.14. The van der Waals surface area contributed by atoms with Crippen LogP contribution in [0.15, 0.2) is 12.3 Å². The minimum atomic E-state index is -0.848. The summed E-state index contributed by atoms with van der Waals surface area (Å²) in [6, 6.07) is 1.69. The molecule has 0 spiro atoms. The average molecular weight is 293 g/mol. The summed E-state index contributed by atoms with van der Waals surface area (Å²) in [7, 11) is 0. The van der Waals surface area contributed by atoms with Gasteiger partial charge in [-0.15, -0.1) is 0 Å². The Balaban J connectivity index is 2.84. The molecule has 1 rings (SSSR count). The predicted octanol–water partition coefficient (Wildman–Crippen LogP) is 2.59. The lowest BCUT2D eigenvalue weighted by Crippen LogP contribution is -2.07. The van der Waals surface area contributed by atoms with E-state index in [2.05, 4.69) is 29.5 Å². The van der Waals surface area contributed by atoms with Crippen molar-refractivity contribution in [2.45, 2.75) is 26.3 Å². The highest BCUT2D eigenvalue weighted by Gasteiger charge is 2.10. The third kappa shape index (κ3) is 2.72. The van der Waals surface area contributed by atoms with Crippen molar-refractivity contribution in [3.8, 4) is 0 Å². The van der Waals surface area contributed by atoms with E-state index in [1.807, 2.05) is 6.20 Å². The first kappa shape index (κ1) is 10.6. The highest BCUT2D eigenvalue weighted by molar-refractivity contribution is 14.1. The second kappa shape index (κ2) is 4.64. The summed E-state index contributed by atoms with van der Waals surface area (Å²) >= 11 is 2.13. The Morgan fingerprint density at radius 3 is 2.92 bits per heavy atom. The first-order valence-corrected chi connectivity index (χ1v) is 5.32. The minimum absolute atomic E-state index is 0.387. The molecule has 3 nitrogen and oxygen atoms in total. The van der Waals surface area contributed by atoms with Crippen LogP contribution in [0.1, 0.15) is 30.3 Å². The molecule has 4 heteroatoms. The van der Waals surface area contributed by atoms with E-state index in [1.54, 1.807) is 10.6 Å². The summed E-state index contributed by atoms with van der Waals surface area (Å²) in [4.78, 5) is 10.8. The molecular weight excluding hydrogens is 281 g/mol. The van der Waals surface area contributed by atoms with Crippen LogP contribution < -0.4 is 0 Å². The molecule has 0 saturated heterocycles. The van der Waals surface area contributed by atoms with Crippen LogP contribution in [0.25, 0.3) is 0 Å². The molecular formula is C9H12INO2. The van der Waals surface area contributed by atoms with Crippen LogP contribution >= 0.6 is 22.6 Å². The van der Waals surface area contributed by atoms with Gasteiger partial charge in [0.05, 0.1) is 0 Å². The molecule has 1 aromatic rings. The molecule has 0 aliphatic carbocycles. The Labute approximate surface area is 90.9 Å². The normalized spacial score (nSPS) is 10.3. The molecule has 0 radical (unpaired) electrons. The molecule has 1 heterocycles. The Kier molecular flexibility index (Phi) is 3.77. The smallest absolute Gasteiger partial charge is 0.352 e. The lowest BCUT2D eigenvalue weighted by molar-refractivity contribution is 0.0685. The van der Waals surface area contributed by atoms with Gasteiger partial charge in [-0.3, -0.25) is 0 Å². The van der Waals surface area contributed by atoms with Crippen molar-refractivity contribution in [1.82, 2.24) is 4.57 Å². The maximum atomic E-state index is 10.8. The molecule has 1 aromatic heterocycles. The Morgan fingerprint density at radius 2 is 2.38 bits per heavy atom. The van der Waals surface area contributed by atoms with Gasteiger partial charge in [0.1, 0.15) is 5.69 Å². The first-order chi connectivity index (χ1) is 6.15. The summed E-state index contributed by atoms with van der Waals surface area (Å²) in [5, 5.41) is 8.85. The average Bonchev–Trinajstić information content (AvgIpc) is 2.43. The van der Waals surface area contributed by atoms with Crippen LogP contribution in [0.2, 0.25) is 0 Å². The van der Waals surface area contributed by atoms with Gasteiger partial charge in [0, 0.05) is 16.3 Å². The summed E-state index contributed by atoms with van der Waals surface area (Å²) < 4.78 is 2.78. The van der Waals surface area contributed by atoms with Gasteiger partial charge >= 0.3 is 5.97 Å². The number of aryl methyl sites for hydroxylation is 1. The number of carbonyl (C=O) groups is 1. The lowest BCUT2D eigenvalue weighted by Gasteiger charge is -2.03. The van der Waals surface area contributed by atoms with Crippen LogP contribution in [0.5, 0.6) is 0 Å². The molecule has 0 aliphatic heterocycles. The van der Waals surface area contributed by atoms with Gasteiger partial charge in [-0.25, -0.2) is 4.79 Å². The van der Waals surface area contributed by atoms with E-state index in [-0.39, 0.29) is 0 Å². The fraction of sp³-hybridized carbons (Fsp3) is 0.444. The molecule has 1 N–H and O–H groups in total. The monoisotopic (exact) mass is 293 g/mol. The zero-order chi connectivity index (χ0) is 9.84. The fourth-order valence-corrected chi connectivity index (χ4v) is 1.80. The van der Waals surface area contributed by atoms with Crippen molar-refractivity contribution >= 4 is 28.6 Å². The van der Waals surface area contributed by atoms with Crippen molar-refractivity contribution in [2.24, 2.45) is 0 Å². The molecule has 0 aromatic carbocycles.